The highest BCUT2D eigenvalue weighted by Gasteiger charge is 2.38. The van der Waals surface area contributed by atoms with Gasteiger partial charge in [-0.3, -0.25) is 4.79 Å². The predicted molar refractivity (Wildman–Crippen MR) is 65.6 cm³/mol. The van der Waals surface area contributed by atoms with Crippen molar-refractivity contribution < 1.29 is 23.1 Å². The summed E-state index contributed by atoms with van der Waals surface area (Å²) in [5.41, 5.74) is -0.634. The molecule has 19 heavy (non-hydrogen) atoms. The summed E-state index contributed by atoms with van der Waals surface area (Å²) in [6.07, 6.45) is -4.29. The third-order valence-electron chi connectivity index (χ3n) is 3.18. The van der Waals surface area contributed by atoms with Crippen LogP contribution < -0.4 is 5.32 Å². The van der Waals surface area contributed by atoms with Gasteiger partial charge in [0, 0.05) is 17.1 Å². The van der Waals surface area contributed by atoms with Gasteiger partial charge in [-0.1, -0.05) is 22.0 Å². The smallest absolute Gasteiger partial charge is 0.416 e. The SMILES string of the molecule is O=C(O)C1CNC(c2ccc(Br)cc2C(F)(F)F)C1. The maximum Gasteiger partial charge on any atom is 0.416 e. The monoisotopic (exact) mass is 337 g/mol. The van der Waals surface area contributed by atoms with Gasteiger partial charge in [-0.25, -0.2) is 0 Å². The molecular weight excluding hydrogens is 327 g/mol. The zero-order chi connectivity index (χ0) is 14.2. The fraction of sp³-hybridized carbons (Fsp3) is 0.417. The molecule has 1 aromatic rings. The van der Waals surface area contributed by atoms with E-state index in [-0.39, 0.29) is 18.5 Å². The molecule has 1 saturated heterocycles. The molecule has 104 valence electrons. The molecule has 0 aromatic heterocycles. The lowest BCUT2D eigenvalue weighted by Gasteiger charge is -2.18. The van der Waals surface area contributed by atoms with Crippen molar-refractivity contribution in [2.75, 3.05) is 6.54 Å². The molecule has 1 aliphatic heterocycles. The number of carbonyl (C=O) groups is 1. The van der Waals surface area contributed by atoms with E-state index >= 15 is 0 Å². The van der Waals surface area contributed by atoms with E-state index in [0.29, 0.717) is 4.47 Å². The maximum atomic E-state index is 13.0. The van der Waals surface area contributed by atoms with E-state index < -0.39 is 29.7 Å². The van der Waals surface area contributed by atoms with E-state index in [1.54, 1.807) is 0 Å². The molecule has 2 rings (SSSR count). The highest BCUT2D eigenvalue weighted by atomic mass is 79.9. The number of carboxylic acids is 1. The van der Waals surface area contributed by atoms with E-state index in [9.17, 15) is 18.0 Å². The zero-order valence-corrected chi connectivity index (χ0v) is 11.3. The first-order valence-corrected chi connectivity index (χ1v) is 6.41. The molecule has 7 heteroatoms. The molecule has 0 spiro atoms. The first-order valence-electron chi connectivity index (χ1n) is 5.62. The third-order valence-corrected chi connectivity index (χ3v) is 3.67. The number of nitrogens with one attached hydrogen (secondary N) is 1. The van der Waals surface area contributed by atoms with Crippen molar-refractivity contribution in [3.8, 4) is 0 Å². The second kappa shape index (κ2) is 5.13. The molecule has 0 saturated carbocycles. The average molecular weight is 338 g/mol. The van der Waals surface area contributed by atoms with Crippen molar-refractivity contribution in [1.82, 2.24) is 5.32 Å². The van der Waals surface area contributed by atoms with E-state index in [2.05, 4.69) is 21.2 Å². The van der Waals surface area contributed by atoms with E-state index in [1.807, 2.05) is 0 Å². The van der Waals surface area contributed by atoms with Gasteiger partial charge in [0.2, 0.25) is 0 Å². The summed E-state index contributed by atoms with van der Waals surface area (Å²) in [4.78, 5) is 10.8. The Morgan fingerprint density at radius 1 is 1.42 bits per heavy atom. The van der Waals surface area contributed by atoms with Crippen LogP contribution >= 0.6 is 15.9 Å². The Morgan fingerprint density at radius 3 is 2.63 bits per heavy atom. The van der Waals surface area contributed by atoms with Crippen LogP contribution in [0.3, 0.4) is 0 Å². The molecule has 0 bridgehead atoms. The number of hydrogen-bond acceptors (Lipinski definition) is 2. The lowest BCUT2D eigenvalue weighted by molar-refractivity contribution is -0.141. The fourth-order valence-corrected chi connectivity index (χ4v) is 2.60. The van der Waals surface area contributed by atoms with Gasteiger partial charge in [0.1, 0.15) is 0 Å². The summed E-state index contributed by atoms with van der Waals surface area (Å²) in [5.74, 6) is -1.63. The maximum absolute atomic E-state index is 13.0. The third kappa shape index (κ3) is 3.09. The molecule has 2 unspecified atom stereocenters. The summed E-state index contributed by atoms with van der Waals surface area (Å²) in [6.45, 7) is 0.188. The number of rotatable bonds is 2. The van der Waals surface area contributed by atoms with Gasteiger partial charge in [-0.05, 0) is 24.1 Å². The van der Waals surface area contributed by atoms with Gasteiger partial charge >= 0.3 is 12.1 Å². The minimum Gasteiger partial charge on any atom is -0.481 e. The molecule has 1 heterocycles. The molecule has 3 nitrogen and oxygen atoms in total. The number of carboxylic acid groups (broad SMARTS) is 1. The predicted octanol–water partition coefficient (Wildman–Crippen LogP) is 3.20. The van der Waals surface area contributed by atoms with Crippen molar-refractivity contribution in [2.45, 2.75) is 18.6 Å². The van der Waals surface area contributed by atoms with Crippen molar-refractivity contribution in [2.24, 2.45) is 5.92 Å². The van der Waals surface area contributed by atoms with Gasteiger partial charge < -0.3 is 10.4 Å². The minimum atomic E-state index is -4.46. The van der Waals surface area contributed by atoms with E-state index in [0.717, 1.165) is 6.07 Å². The van der Waals surface area contributed by atoms with E-state index in [4.69, 9.17) is 5.11 Å². The van der Waals surface area contributed by atoms with Crippen LogP contribution in [-0.4, -0.2) is 17.6 Å². The van der Waals surface area contributed by atoms with Crippen molar-refractivity contribution >= 4 is 21.9 Å². The molecule has 2 N–H and O–H groups in total. The van der Waals surface area contributed by atoms with Crippen LogP contribution in [0.15, 0.2) is 22.7 Å². The minimum absolute atomic E-state index is 0.0967. The van der Waals surface area contributed by atoms with Crippen LogP contribution in [0.4, 0.5) is 13.2 Å². The van der Waals surface area contributed by atoms with Crippen LogP contribution in [0, 0.1) is 5.92 Å². The van der Waals surface area contributed by atoms with Crippen molar-refractivity contribution in [1.29, 1.82) is 0 Å². The molecule has 0 radical (unpaired) electrons. The Hall–Kier alpha value is -1.08. The lowest BCUT2D eigenvalue weighted by atomic mass is 9.96. The molecule has 1 fully saturated rings. The number of hydrogen-bond donors (Lipinski definition) is 2. The first-order chi connectivity index (χ1) is 8.79. The fourth-order valence-electron chi connectivity index (χ4n) is 2.24. The molecular formula is C12H11BrF3NO2. The molecule has 2 atom stereocenters. The Labute approximate surface area is 115 Å². The summed E-state index contributed by atoms with van der Waals surface area (Å²) in [6, 6.07) is 3.35. The van der Waals surface area contributed by atoms with Crippen molar-refractivity contribution in [3.05, 3.63) is 33.8 Å². The first kappa shape index (κ1) is 14.3. The number of aliphatic carboxylic acids is 1. The normalized spacial score (nSPS) is 23.6. The number of halogens is 4. The number of benzene rings is 1. The molecule has 0 amide bonds. The standard InChI is InChI=1S/C12H11BrF3NO2/c13-7-1-2-8(9(4-7)12(14,15)16)10-3-6(5-17-10)11(18)19/h1-2,4,6,10,17H,3,5H2,(H,18,19). The van der Waals surface area contributed by atoms with Crippen LogP contribution in [0.25, 0.3) is 0 Å². The lowest BCUT2D eigenvalue weighted by Crippen LogP contribution is -2.19. The second-order valence-electron chi connectivity index (χ2n) is 4.46. The second-order valence-corrected chi connectivity index (χ2v) is 5.38. The number of alkyl halides is 3. The van der Waals surface area contributed by atoms with Crippen LogP contribution in [0.2, 0.25) is 0 Å². The van der Waals surface area contributed by atoms with Crippen molar-refractivity contribution in [3.63, 3.8) is 0 Å². The summed E-state index contributed by atoms with van der Waals surface area (Å²) < 4.78 is 39.3. The Morgan fingerprint density at radius 2 is 2.11 bits per heavy atom. The molecule has 1 aliphatic rings. The Kier molecular flexibility index (Phi) is 3.87. The van der Waals surface area contributed by atoms with Gasteiger partial charge in [0.25, 0.3) is 0 Å². The van der Waals surface area contributed by atoms with Gasteiger partial charge in [-0.2, -0.15) is 13.2 Å². The van der Waals surface area contributed by atoms with Gasteiger partial charge in [0.05, 0.1) is 11.5 Å². The highest BCUT2D eigenvalue weighted by Crippen LogP contribution is 2.39. The Bertz CT molecular complexity index is 504. The topological polar surface area (TPSA) is 49.3 Å². The summed E-state index contributed by atoms with van der Waals surface area (Å²) >= 11 is 3.02. The summed E-state index contributed by atoms with van der Waals surface area (Å²) in [7, 11) is 0. The van der Waals surface area contributed by atoms with Crippen LogP contribution in [0.5, 0.6) is 0 Å². The zero-order valence-electron chi connectivity index (χ0n) is 9.67. The van der Waals surface area contributed by atoms with Crippen LogP contribution in [-0.2, 0) is 11.0 Å². The largest absolute Gasteiger partial charge is 0.481 e. The highest BCUT2D eigenvalue weighted by molar-refractivity contribution is 9.10. The Balaban J connectivity index is 2.33. The molecule has 1 aromatic carbocycles. The van der Waals surface area contributed by atoms with E-state index in [1.165, 1.54) is 12.1 Å². The molecule has 0 aliphatic carbocycles. The van der Waals surface area contributed by atoms with Gasteiger partial charge in [-0.15, -0.1) is 0 Å². The van der Waals surface area contributed by atoms with Gasteiger partial charge in [0.15, 0.2) is 0 Å². The van der Waals surface area contributed by atoms with Crippen LogP contribution in [0.1, 0.15) is 23.6 Å². The summed E-state index contributed by atoms with van der Waals surface area (Å²) in [5, 5.41) is 11.7. The average Bonchev–Trinajstić information content (AvgIpc) is 2.77. The quantitative estimate of drug-likeness (QED) is 0.871.